The molecule has 7 nitrogen and oxygen atoms in total. The van der Waals surface area contributed by atoms with Gasteiger partial charge in [0.15, 0.2) is 11.6 Å². The molecule has 1 saturated heterocycles. The van der Waals surface area contributed by atoms with Crippen molar-refractivity contribution in [3.8, 4) is 0 Å². The van der Waals surface area contributed by atoms with Crippen LogP contribution in [0.15, 0.2) is 79.0 Å². The zero-order valence-corrected chi connectivity index (χ0v) is 19.5. The summed E-state index contributed by atoms with van der Waals surface area (Å²) in [5.41, 5.74) is 4.37. The van der Waals surface area contributed by atoms with Gasteiger partial charge in [0, 0.05) is 42.4 Å². The van der Waals surface area contributed by atoms with Crippen molar-refractivity contribution in [2.75, 3.05) is 47.2 Å². The predicted molar refractivity (Wildman–Crippen MR) is 138 cm³/mol. The monoisotopic (exact) mass is 488 g/mol. The van der Waals surface area contributed by atoms with Crippen molar-refractivity contribution in [2.24, 2.45) is 0 Å². The third-order valence-corrected chi connectivity index (χ3v) is 5.78. The van der Waals surface area contributed by atoms with Crippen LogP contribution in [0.4, 0.5) is 43.3 Å². The molecule has 4 aromatic rings. The summed E-state index contributed by atoms with van der Waals surface area (Å²) < 4.78 is 33.0. The summed E-state index contributed by atoms with van der Waals surface area (Å²) in [7, 11) is 0. The lowest BCUT2D eigenvalue weighted by molar-refractivity contribution is 0.122. The van der Waals surface area contributed by atoms with E-state index in [0.717, 1.165) is 55.1 Å². The summed E-state index contributed by atoms with van der Waals surface area (Å²) in [4.78, 5) is 10.7. The van der Waals surface area contributed by atoms with Gasteiger partial charge in [-0.2, -0.15) is 4.98 Å². The number of aromatic nitrogens is 2. The Morgan fingerprint density at radius 1 is 0.833 bits per heavy atom. The molecule has 0 aliphatic carbocycles. The van der Waals surface area contributed by atoms with Gasteiger partial charge in [-0.1, -0.05) is 18.2 Å². The van der Waals surface area contributed by atoms with Gasteiger partial charge in [0.05, 0.1) is 19.4 Å². The second kappa shape index (κ2) is 11.0. The molecule has 0 unspecified atom stereocenters. The average Bonchev–Trinajstić information content (AvgIpc) is 2.91. The number of halogens is 2. The summed E-state index contributed by atoms with van der Waals surface area (Å²) in [5.74, 6) is -0.486. The molecule has 0 atom stereocenters. The fourth-order valence-electron chi connectivity index (χ4n) is 3.87. The Bertz CT molecular complexity index is 1290. The highest BCUT2D eigenvalue weighted by Crippen LogP contribution is 2.24. The van der Waals surface area contributed by atoms with E-state index < -0.39 is 5.82 Å². The third-order valence-electron chi connectivity index (χ3n) is 5.78. The Labute approximate surface area is 208 Å². The first-order valence-corrected chi connectivity index (χ1v) is 11.7. The van der Waals surface area contributed by atoms with Crippen molar-refractivity contribution in [1.29, 1.82) is 0 Å². The number of rotatable bonds is 8. The maximum Gasteiger partial charge on any atom is 0.229 e. The molecule has 184 valence electrons. The molecule has 1 aliphatic heterocycles. The van der Waals surface area contributed by atoms with Crippen LogP contribution in [0.25, 0.3) is 0 Å². The molecule has 0 radical (unpaired) electrons. The molecule has 5 rings (SSSR count). The zero-order valence-electron chi connectivity index (χ0n) is 19.5. The Morgan fingerprint density at radius 3 is 2.36 bits per heavy atom. The van der Waals surface area contributed by atoms with Crippen LogP contribution in [0.3, 0.4) is 0 Å². The predicted octanol–water partition coefficient (Wildman–Crippen LogP) is 5.69. The summed E-state index contributed by atoms with van der Waals surface area (Å²) in [6.45, 7) is 3.72. The fraction of sp³-hybridized carbons (Fsp3) is 0.185. The Kier molecular flexibility index (Phi) is 7.18. The van der Waals surface area contributed by atoms with Gasteiger partial charge in [-0.3, -0.25) is 0 Å². The van der Waals surface area contributed by atoms with Crippen molar-refractivity contribution in [3.05, 3.63) is 96.2 Å². The lowest BCUT2D eigenvalue weighted by atomic mass is 10.2. The minimum Gasteiger partial charge on any atom is -0.381 e. The quantitative estimate of drug-likeness (QED) is 0.294. The second-order valence-corrected chi connectivity index (χ2v) is 8.35. The van der Waals surface area contributed by atoms with E-state index in [1.165, 1.54) is 12.1 Å². The largest absolute Gasteiger partial charge is 0.381 e. The Morgan fingerprint density at radius 2 is 1.58 bits per heavy atom. The van der Waals surface area contributed by atoms with Crippen LogP contribution >= 0.6 is 0 Å². The molecule has 1 fully saturated rings. The van der Waals surface area contributed by atoms with Crippen molar-refractivity contribution in [2.45, 2.75) is 6.54 Å². The molecular formula is C27H26F2N6O. The van der Waals surface area contributed by atoms with E-state index in [1.54, 1.807) is 12.1 Å². The number of nitrogens with zero attached hydrogens (tertiary/aromatic N) is 3. The van der Waals surface area contributed by atoms with Gasteiger partial charge in [-0.05, 0) is 60.2 Å². The van der Waals surface area contributed by atoms with Crippen molar-refractivity contribution < 1.29 is 13.5 Å². The van der Waals surface area contributed by atoms with Crippen LogP contribution < -0.4 is 20.9 Å². The molecule has 3 aromatic carbocycles. The minimum absolute atomic E-state index is 0.0631. The van der Waals surface area contributed by atoms with E-state index in [4.69, 9.17) is 4.74 Å². The molecule has 9 heteroatoms. The number of hydrogen-bond donors (Lipinski definition) is 3. The number of ether oxygens (including phenoxy) is 1. The zero-order chi connectivity index (χ0) is 24.7. The van der Waals surface area contributed by atoms with E-state index >= 15 is 0 Å². The van der Waals surface area contributed by atoms with Crippen molar-refractivity contribution in [3.63, 3.8) is 0 Å². The van der Waals surface area contributed by atoms with Gasteiger partial charge in [0.1, 0.15) is 5.82 Å². The third kappa shape index (κ3) is 6.05. The van der Waals surface area contributed by atoms with Gasteiger partial charge < -0.3 is 25.6 Å². The second-order valence-electron chi connectivity index (χ2n) is 8.35. The van der Waals surface area contributed by atoms with E-state index in [9.17, 15) is 8.78 Å². The van der Waals surface area contributed by atoms with Crippen molar-refractivity contribution >= 4 is 34.5 Å². The number of anilines is 6. The smallest absolute Gasteiger partial charge is 0.229 e. The van der Waals surface area contributed by atoms with Gasteiger partial charge in [-0.15, -0.1) is 0 Å². The maximum atomic E-state index is 14.5. The van der Waals surface area contributed by atoms with Crippen LogP contribution in [-0.2, 0) is 11.3 Å². The van der Waals surface area contributed by atoms with Crippen molar-refractivity contribution in [1.82, 2.24) is 9.97 Å². The summed E-state index contributed by atoms with van der Waals surface area (Å²) >= 11 is 0. The first-order valence-electron chi connectivity index (χ1n) is 11.7. The normalized spacial score (nSPS) is 13.3. The van der Waals surface area contributed by atoms with E-state index in [-0.39, 0.29) is 17.6 Å². The summed E-state index contributed by atoms with van der Waals surface area (Å²) in [6, 6.07) is 21.7. The summed E-state index contributed by atoms with van der Waals surface area (Å²) in [6.07, 6.45) is 1.14. The van der Waals surface area contributed by atoms with Gasteiger partial charge in [0.25, 0.3) is 0 Å². The highest BCUT2D eigenvalue weighted by Gasteiger charge is 2.12. The molecule has 1 aliphatic rings. The molecule has 2 heterocycles. The minimum atomic E-state index is -0.562. The van der Waals surface area contributed by atoms with Gasteiger partial charge in [-0.25, -0.2) is 13.8 Å². The first kappa shape index (κ1) is 23.5. The van der Waals surface area contributed by atoms with Crippen LogP contribution in [0.2, 0.25) is 0 Å². The average molecular weight is 489 g/mol. The standard InChI is InChI=1S/C27H26F2N6O/c28-20-6-4-19(5-7-20)17-30-22-2-1-3-23(16-22)32-26-25(29)18-31-27(34-26)33-21-8-10-24(11-9-21)35-12-14-36-15-13-35/h1-11,16,18,30H,12-15,17H2,(H2,31,32,33,34). The molecule has 0 saturated carbocycles. The Balaban J connectivity index is 1.23. The number of benzene rings is 3. The molecule has 0 bridgehead atoms. The Hall–Kier alpha value is -4.24. The van der Waals surface area contributed by atoms with E-state index in [0.29, 0.717) is 12.2 Å². The lowest BCUT2D eigenvalue weighted by Crippen LogP contribution is -2.36. The van der Waals surface area contributed by atoms with Crippen LogP contribution in [0.5, 0.6) is 0 Å². The molecule has 1 aromatic heterocycles. The lowest BCUT2D eigenvalue weighted by Gasteiger charge is -2.28. The van der Waals surface area contributed by atoms with Gasteiger partial charge >= 0.3 is 0 Å². The summed E-state index contributed by atoms with van der Waals surface area (Å²) in [5, 5.41) is 9.43. The number of hydrogen-bond acceptors (Lipinski definition) is 7. The van der Waals surface area contributed by atoms with Crippen LogP contribution in [-0.4, -0.2) is 36.3 Å². The maximum absolute atomic E-state index is 14.5. The molecule has 3 N–H and O–H groups in total. The molecule has 0 amide bonds. The van der Waals surface area contributed by atoms with E-state index in [1.807, 2.05) is 48.5 Å². The van der Waals surface area contributed by atoms with Crippen LogP contribution in [0, 0.1) is 11.6 Å². The molecular weight excluding hydrogens is 462 g/mol. The molecule has 36 heavy (non-hydrogen) atoms. The molecule has 0 spiro atoms. The fourth-order valence-corrected chi connectivity index (χ4v) is 3.87. The highest BCUT2D eigenvalue weighted by atomic mass is 19.1. The SMILES string of the molecule is Fc1ccc(CNc2cccc(Nc3nc(Nc4ccc(N5CCOCC5)cc4)ncc3F)c2)cc1. The van der Waals surface area contributed by atoms with Gasteiger partial charge in [0.2, 0.25) is 5.95 Å². The topological polar surface area (TPSA) is 74.3 Å². The van der Waals surface area contributed by atoms with E-state index in [2.05, 4.69) is 30.8 Å². The van der Waals surface area contributed by atoms with Crippen LogP contribution in [0.1, 0.15) is 5.56 Å². The number of nitrogens with one attached hydrogen (secondary N) is 3. The number of morpholine rings is 1. The first-order chi connectivity index (χ1) is 17.6. The highest BCUT2D eigenvalue weighted by molar-refractivity contribution is 5.65.